The minimum absolute atomic E-state index is 0.188. The van der Waals surface area contributed by atoms with E-state index in [4.69, 9.17) is 4.74 Å². The van der Waals surface area contributed by atoms with Gasteiger partial charge in [-0.15, -0.1) is 0 Å². The quantitative estimate of drug-likeness (QED) is 0.722. The third kappa shape index (κ3) is 2.83. The third-order valence-electron chi connectivity index (χ3n) is 3.35. The molecule has 0 spiro atoms. The molecule has 3 rings (SSSR count). The second kappa shape index (κ2) is 6.39. The lowest BCUT2D eigenvalue weighted by atomic mass is 10.2. The van der Waals surface area contributed by atoms with Crippen LogP contribution < -0.4 is 4.74 Å². The van der Waals surface area contributed by atoms with Crippen LogP contribution in [-0.2, 0) is 6.54 Å². The van der Waals surface area contributed by atoms with Gasteiger partial charge in [0.25, 0.3) is 0 Å². The number of alkyl halides is 1. The summed E-state index contributed by atoms with van der Waals surface area (Å²) < 4.78 is 19.5. The highest BCUT2D eigenvalue weighted by atomic mass is 19.1. The van der Waals surface area contributed by atoms with Crippen molar-refractivity contribution in [3.63, 3.8) is 0 Å². The highest BCUT2D eigenvalue weighted by Gasteiger charge is 2.13. The Morgan fingerprint density at radius 2 is 1.73 bits per heavy atom. The third-order valence-corrected chi connectivity index (χ3v) is 3.35. The topological polar surface area (TPSA) is 39.9 Å². The molecule has 1 heterocycles. The maximum atomic E-state index is 12.8. The molecule has 0 unspecified atom stereocenters. The second-order valence-electron chi connectivity index (χ2n) is 4.77. The molecule has 3 aromatic rings. The highest BCUT2D eigenvalue weighted by molar-refractivity contribution is 5.62. The number of aromatic nitrogens is 3. The van der Waals surface area contributed by atoms with Gasteiger partial charge in [0.05, 0.1) is 13.7 Å². The fraction of sp³-hybridized carbons (Fsp3) is 0.176. The molecule has 0 aliphatic heterocycles. The van der Waals surface area contributed by atoms with Gasteiger partial charge in [0, 0.05) is 11.1 Å². The van der Waals surface area contributed by atoms with Gasteiger partial charge < -0.3 is 4.74 Å². The predicted molar refractivity (Wildman–Crippen MR) is 83.4 cm³/mol. The molecule has 0 N–H and O–H groups in total. The molecular weight excluding hydrogens is 281 g/mol. The lowest BCUT2D eigenvalue weighted by Crippen LogP contribution is -2.04. The summed E-state index contributed by atoms with van der Waals surface area (Å²) in [6, 6.07) is 17.2. The molecule has 0 fully saturated rings. The van der Waals surface area contributed by atoms with Crippen LogP contribution >= 0.6 is 0 Å². The Labute approximate surface area is 128 Å². The molecule has 0 atom stereocenters. The average Bonchev–Trinajstić information content (AvgIpc) is 3.00. The summed E-state index contributed by atoms with van der Waals surface area (Å²) >= 11 is 0. The van der Waals surface area contributed by atoms with Gasteiger partial charge in [0.2, 0.25) is 0 Å². The number of aryl methyl sites for hydroxylation is 1. The van der Waals surface area contributed by atoms with Crippen molar-refractivity contribution < 1.29 is 9.13 Å². The van der Waals surface area contributed by atoms with E-state index in [2.05, 4.69) is 10.1 Å². The Kier molecular flexibility index (Phi) is 4.14. The van der Waals surface area contributed by atoms with Crippen molar-refractivity contribution in [2.75, 3.05) is 13.8 Å². The molecule has 2 aromatic carbocycles. The Bertz CT molecular complexity index is 738. The molecule has 0 amide bonds. The molecule has 0 saturated carbocycles. The van der Waals surface area contributed by atoms with Crippen molar-refractivity contribution >= 4 is 0 Å². The number of benzene rings is 2. The van der Waals surface area contributed by atoms with Crippen LogP contribution in [0.4, 0.5) is 4.39 Å². The Morgan fingerprint density at radius 3 is 2.36 bits per heavy atom. The van der Waals surface area contributed by atoms with Gasteiger partial charge in [-0.1, -0.05) is 30.3 Å². The summed E-state index contributed by atoms with van der Waals surface area (Å²) in [7, 11) is 1.62. The molecule has 112 valence electrons. The summed E-state index contributed by atoms with van der Waals surface area (Å²) in [5.41, 5.74) is 1.79. The van der Waals surface area contributed by atoms with Crippen molar-refractivity contribution in [2.45, 2.75) is 6.54 Å². The van der Waals surface area contributed by atoms with E-state index in [1.54, 1.807) is 11.8 Å². The molecule has 0 bridgehead atoms. The first kappa shape index (κ1) is 14.3. The highest BCUT2D eigenvalue weighted by Crippen LogP contribution is 2.24. The first-order valence-corrected chi connectivity index (χ1v) is 7.02. The number of halogens is 1. The number of nitrogens with zero attached hydrogens (tertiary/aromatic N) is 3. The van der Waals surface area contributed by atoms with Crippen molar-refractivity contribution in [1.82, 2.24) is 14.8 Å². The summed E-state index contributed by atoms with van der Waals surface area (Å²) in [6.45, 7) is -0.293. The predicted octanol–water partition coefficient (Wildman–Crippen LogP) is 3.59. The van der Waals surface area contributed by atoms with Gasteiger partial charge in [-0.05, 0) is 24.3 Å². The molecule has 0 aliphatic carbocycles. The Hall–Kier alpha value is -2.69. The minimum Gasteiger partial charge on any atom is -0.497 e. The Morgan fingerprint density at radius 1 is 1.00 bits per heavy atom. The maximum absolute atomic E-state index is 12.8. The monoisotopic (exact) mass is 297 g/mol. The standard InChI is InChI=1S/C17H16FN3O/c1-22-15-9-7-13(8-10-15)16-19-17(21(20-16)12-11-18)14-5-3-2-4-6-14/h2-10H,11-12H2,1H3. The van der Waals surface area contributed by atoms with Crippen LogP contribution in [0.5, 0.6) is 5.75 Å². The largest absolute Gasteiger partial charge is 0.497 e. The average molecular weight is 297 g/mol. The van der Waals surface area contributed by atoms with E-state index in [0.717, 1.165) is 16.9 Å². The molecule has 1 aromatic heterocycles. The number of ether oxygens (including phenoxy) is 1. The van der Waals surface area contributed by atoms with Crippen molar-refractivity contribution in [3.8, 4) is 28.5 Å². The number of methoxy groups -OCH3 is 1. The van der Waals surface area contributed by atoms with Crippen molar-refractivity contribution in [1.29, 1.82) is 0 Å². The van der Waals surface area contributed by atoms with Gasteiger partial charge in [-0.25, -0.2) is 14.1 Å². The van der Waals surface area contributed by atoms with Gasteiger partial charge >= 0.3 is 0 Å². The summed E-state index contributed by atoms with van der Waals surface area (Å²) in [6.07, 6.45) is 0. The molecule has 0 saturated heterocycles. The molecular formula is C17H16FN3O. The number of hydrogen-bond donors (Lipinski definition) is 0. The van der Waals surface area contributed by atoms with Crippen LogP contribution in [0.1, 0.15) is 0 Å². The van der Waals surface area contributed by atoms with Gasteiger partial charge in [0.1, 0.15) is 12.4 Å². The zero-order valence-corrected chi connectivity index (χ0v) is 12.2. The van der Waals surface area contributed by atoms with Gasteiger partial charge in [0.15, 0.2) is 11.6 Å². The molecule has 4 nitrogen and oxygen atoms in total. The van der Waals surface area contributed by atoms with Gasteiger partial charge in [-0.2, -0.15) is 5.10 Å². The Balaban J connectivity index is 2.02. The lowest BCUT2D eigenvalue weighted by Gasteiger charge is -2.02. The molecule has 22 heavy (non-hydrogen) atoms. The molecule has 0 aliphatic rings. The van der Waals surface area contributed by atoms with Crippen LogP contribution in [0.2, 0.25) is 0 Å². The van der Waals surface area contributed by atoms with E-state index >= 15 is 0 Å². The fourth-order valence-corrected chi connectivity index (χ4v) is 2.24. The lowest BCUT2D eigenvalue weighted by molar-refractivity contribution is 0.415. The van der Waals surface area contributed by atoms with Crippen LogP contribution in [0.15, 0.2) is 54.6 Å². The van der Waals surface area contributed by atoms with Crippen molar-refractivity contribution in [2.24, 2.45) is 0 Å². The fourth-order valence-electron chi connectivity index (χ4n) is 2.24. The summed E-state index contributed by atoms with van der Waals surface area (Å²) in [5.74, 6) is 2.02. The zero-order valence-electron chi connectivity index (χ0n) is 12.2. The second-order valence-corrected chi connectivity index (χ2v) is 4.77. The van der Waals surface area contributed by atoms with E-state index < -0.39 is 6.67 Å². The van der Waals surface area contributed by atoms with E-state index in [-0.39, 0.29) is 6.54 Å². The normalized spacial score (nSPS) is 10.6. The van der Waals surface area contributed by atoms with Gasteiger partial charge in [-0.3, -0.25) is 0 Å². The first-order chi connectivity index (χ1) is 10.8. The number of hydrogen-bond acceptors (Lipinski definition) is 3. The van der Waals surface area contributed by atoms with E-state index in [0.29, 0.717) is 11.6 Å². The summed E-state index contributed by atoms with van der Waals surface area (Å²) in [5, 5.41) is 4.43. The first-order valence-electron chi connectivity index (χ1n) is 7.02. The van der Waals surface area contributed by atoms with E-state index in [1.807, 2.05) is 54.6 Å². The van der Waals surface area contributed by atoms with Crippen molar-refractivity contribution in [3.05, 3.63) is 54.6 Å². The van der Waals surface area contributed by atoms with Crippen LogP contribution in [0.3, 0.4) is 0 Å². The van der Waals surface area contributed by atoms with E-state index in [9.17, 15) is 4.39 Å². The smallest absolute Gasteiger partial charge is 0.181 e. The van der Waals surface area contributed by atoms with Crippen LogP contribution in [0.25, 0.3) is 22.8 Å². The minimum atomic E-state index is -0.481. The molecule has 5 heteroatoms. The van der Waals surface area contributed by atoms with Crippen LogP contribution in [-0.4, -0.2) is 28.5 Å². The molecule has 0 radical (unpaired) electrons. The SMILES string of the molecule is COc1ccc(-c2nc(-c3ccccc3)n(CCF)n2)cc1. The van der Waals surface area contributed by atoms with E-state index in [1.165, 1.54) is 0 Å². The maximum Gasteiger partial charge on any atom is 0.181 e. The zero-order chi connectivity index (χ0) is 15.4. The van der Waals surface area contributed by atoms with Crippen LogP contribution in [0, 0.1) is 0 Å². The summed E-state index contributed by atoms with van der Waals surface area (Å²) in [4.78, 5) is 4.57. The number of rotatable bonds is 5.